The molecule has 0 spiro atoms. The van der Waals surface area contributed by atoms with Crippen LogP contribution in [0, 0.1) is 5.92 Å². The Morgan fingerprint density at radius 1 is 1.00 bits per heavy atom. The van der Waals surface area contributed by atoms with Gasteiger partial charge in [0.2, 0.25) is 15.9 Å². The van der Waals surface area contributed by atoms with Crippen LogP contribution in [0.3, 0.4) is 0 Å². The minimum absolute atomic E-state index is 0.0318. The summed E-state index contributed by atoms with van der Waals surface area (Å²) in [5.74, 6) is -0.286. The first kappa shape index (κ1) is 27.5. The number of benzene rings is 3. The van der Waals surface area contributed by atoms with Gasteiger partial charge in [0.1, 0.15) is 10.6 Å². The summed E-state index contributed by atoms with van der Waals surface area (Å²) >= 11 is 12.2. The number of fused-ring (bicyclic) bond motifs is 1. The van der Waals surface area contributed by atoms with Crippen molar-refractivity contribution in [1.29, 1.82) is 0 Å². The van der Waals surface area contributed by atoms with Crippen molar-refractivity contribution in [2.45, 2.75) is 24.2 Å². The van der Waals surface area contributed by atoms with Crippen molar-refractivity contribution < 1.29 is 22.7 Å². The number of sulfonamides is 1. The molecular weight excluding hydrogens is 561 g/mol. The van der Waals surface area contributed by atoms with E-state index < -0.39 is 15.9 Å². The molecule has 0 bridgehead atoms. The monoisotopic (exact) mass is 587 g/mol. The molecular formula is C28H27Cl2N3O5S. The SMILES string of the molecule is COc1ccc(C(=O)N2CCc3ccc(NC(=O)[C@@H]4CCCN(S(=O)(=O)c5cc(Cl)ccc5Cl)C4)cc32)cc1. The molecule has 3 aromatic carbocycles. The molecule has 0 unspecified atom stereocenters. The van der Waals surface area contributed by atoms with Gasteiger partial charge in [0, 0.05) is 41.6 Å². The summed E-state index contributed by atoms with van der Waals surface area (Å²) in [6.07, 6.45) is 1.80. The fourth-order valence-electron chi connectivity index (χ4n) is 4.99. The third-order valence-electron chi connectivity index (χ3n) is 7.10. The molecule has 1 fully saturated rings. The average Bonchev–Trinajstić information content (AvgIpc) is 3.37. The number of hydrogen-bond acceptors (Lipinski definition) is 5. The molecule has 0 aromatic heterocycles. The smallest absolute Gasteiger partial charge is 0.258 e. The molecule has 0 aliphatic carbocycles. The Labute approximate surface area is 237 Å². The second-order valence-corrected chi connectivity index (χ2v) is 12.3. The lowest BCUT2D eigenvalue weighted by Gasteiger charge is -2.31. The topological polar surface area (TPSA) is 96.0 Å². The number of carbonyl (C=O) groups excluding carboxylic acids is 2. The van der Waals surface area contributed by atoms with E-state index in [1.807, 2.05) is 6.07 Å². The Morgan fingerprint density at radius 2 is 1.77 bits per heavy atom. The summed E-state index contributed by atoms with van der Waals surface area (Å²) in [6.45, 7) is 0.860. The van der Waals surface area contributed by atoms with Crippen molar-refractivity contribution in [2.24, 2.45) is 5.92 Å². The van der Waals surface area contributed by atoms with Gasteiger partial charge in [0.05, 0.1) is 18.1 Å². The predicted octanol–water partition coefficient (Wildman–Crippen LogP) is 5.24. The van der Waals surface area contributed by atoms with E-state index in [-0.39, 0.29) is 39.8 Å². The van der Waals surface area contributed by atoms with Gasteiger partial charge in [-0.3, -0.25) is 9.59 Å². The molecule has 0 saturated carbocycles. The van der Waals surface area contributed by atoms with Gasteiger partial charge in [-0.15, -0.1) is 0 Å². The minimum Gasteiger partial charge on any atom is -0.497 e. The van der Waals surface area contributed by atoms with Crippen LogP contribution in [-0.2, 0) is 21.2 Å². The van der Waals surface area contributed by atoms with Gasteiger partial charge in [0.25, 0.3) is 5.91 Å². The third kappa shape index (κ3) is 5.63. The van der Waals surface area contributed by atoms with Crippen LogP contribution in [-0.4, -0.2) is 51.3 Å². The highest BCUT2D eigenvalue weighted by molar-refractivity contribution is 7.89. The first-order chi connectivity index (χ1) is 18.7. The second-order valence-electron chi connectivity index (χ2n) is 9.54. The number of rotatable bonds is 6. The first-order valence-corrected chi connectivity index (χ1v) is 14.7. The number of nitrogens with one attached hydrogen (secondary N) is 1. The molecule has 1 atom stereocenters. The van der Waals surface area contributed by atoms with Gasteiger partial charge in [-0.1, -0.05) is 29.3 Å². The van der Waals surface area contributed by atoms with Crippen LogP contribution in [0.15, 0.2) is 65.6 Å². The van der Waals surface area contributed by atoms with Gasteiger partial charge in [-0.2, -0.15) is 4.31 Å². The maximum absolute atomic E-state index is 13.3. The van der Waals surface area contributed by atoms with Gasteiger partial charge < -0.3 is 15.0 Å². The number of carbonyl (C=O) groups is 2. The molecule has 5 rings (SSSR count). The predicted molar refractivity (Wildman–Crippen MR) is 151 cm³/mol. The Bertz CT molecular complexity index is 1530. The number of nitrogens with zero attached hydrogens (tertiary/aromatic N) is 2. The summed E-state index contributed by atoms with van der Waals surface area (Å²) in [4.78, 5) is 28.1. The Morgan fingerprint density at radius 3 is 2.51 bits per heavy atom. The van der Waals surface area contributed by atoms with Crippen LogP contribution in [0.2, 0.25) is 10.0 Å². The van der Waals surface area contributed by atoms with Crippen LogP contribution >= 0.6 is 23.2 Å². The van der Waals surface area contributed by atoms with Crippen LogP contribution in [0.25, 0.3) is 0 Å². The van der Waals surface area contributed by atoms with Crippen molar-refractivity contribution in [1.82, 2.24) is 4.31 Å². The number of ether oxygens (including phenoxy) is 1. The number of halogens is 2. The summed E-state index contributed by atoms with van der Waals surface area (Å²) < 4.78 is 33.0. The standard InChI is InChI=1S/C28H27Cl2N3O5S/c1-38-23-9-5-19(6-10-23)28(35)33-14-12-18-4-8-22(16-25(18)33)31-27(34)20-3-2-13-32(17-20)39(36,37)26-15-21(29)7-11-24(26)30/h4-11,15-16,20H,2-3,12-14,17H2,1H3,(H,31,34)/t20-/m1/s1. The zero-order valence-corrected chi connectivity index (χ0v) is 23.5. The first-order valence-electron chi connectivity index (χ1n) is 12.5. The number of hydrogen-bond donors (Lipinski definition) is 1. The molecule has 2 heterocycles. The minimum atomic E-state index is -3.93. The molecule has 204 valence electrons. The zero-order chi connectivity index (χ0) is 27.7. The van der Waals surface area contributed by atoms with Crippen molar-refractivity contribution in [3.8, 4) is 5.75 Å². The third-order valence-corrected chi connectivity index (χ3v) is 9.68. The molecule has 1 N–H and O–H groups in total. The molecule has 3 aromatic rings. The highest BCUT2D eigenvalue weighted by Gasteiger charge is 2.35. The van der Waals surface area contributed by atoms with Gasteiger partial charge >= 0.3 is 0 Å². The van der Waals surface area contributed by atoms with Crippen molar-refractivity contribution in [3.63, 3.8) is 0 Å². The Balaban J connectivity index is 1.30. The van der Waals surface area contributed by atoms with Gasteiger partial charge in [-0.05, 0) is 79.4 Å². The van der Waals surface area contributed by atoms with E-state index in [0.717, 1.165) is 11.3 Å². The maximum atomic E-state index is 13.3. The average molecular weight is 589 g/mol. The molecule has 2 aliphatic heterocycles. The quantitative estimate of drug-likeness (QED) is 0.425. The van der Waals surface area contributed by atoms with E-state index in [9.17, 15) is 18.0 Å². The Kier molecular flexibility index (Phi) is 7.87. The molecule has 11 heteroatoms. The lowest BCUT2D eigenvalue weighted by Crippen LogP contribution is -2.43. The largest absolute Gasteiger partial charge is 0.497 e. The molecule has 1 saturated heterocycles. The van der Waals surface area contributed by atoms with Gasteiger partial charge in [-0.25, -0.2) is 8.42 Å². The van der Waals surface area contributed by atoms with E-state index in [0.29, 0.717) is 42.8 Å². The van der Waals surface area contributed by atoms with E-state index in [4.69, 9.17) is 27.9 Å². The molecule has 0 radical (unpaired) electrons. The summed E-state index contributed by atoms with van der Waals surface area (Å²) in [5.41, 5.74) is 2.85. The summed E-state index contributed by atoms with van der Waals surface area (Å²) in [7, 11) is -2.35. The number of anilines is 2. The number of piperidine rings is 1. The number of methoxy groups -OCH3 is 1. The highest BCUT2D eigenvalue weighted by Crippen LogP contribution is 2.34. The van der Waals surface area contributed by atoms with Crippen LogP contribution < -0.4 is 15.0 Å². The van der Waals surface area contributed by atoms with E-state index >= 15 is 0 Å². The van der Waals surface area contributed by atoms with E-state index in [1.54, 1.807) is 48.4 Å². The summed E-state index contributed by atoms with van der Waals surface area (Å²) in [6, 6.07) is 16.8. The fourth-order valence-corrected chi connectivity index (χ4v) is 7.25. The van der Waals surface area contributed by atoms with Crippen molar-refractivity contribution in [2.75, 3.05) is 37.0 Å². The van der Waals surface area contributed by atoms with Crippen molar-refractivity contribution >= 4 is 56.4 Å². The second kappa shape index (κ2) is 11.2. The van der Waals surface area contributed by atoms with E-state index in [2.05, 4.69) is 5.32 Å². The van der Waals surface area contributed by atoms with Crippen LogP contribution in [0.1, 0.15) is 28.8 Å². The normalized spacial score (nSPS) is 17.5. The molecule has 2 aliphatic rings. The maximum Gasteiger partial charge on any atom is 0.258 e. The molecule has 39 heavy (non-hydrogen) atoms. The Hall–Kier alpha value is -3.11. The lowest BCUT2D eigenvalue weighted by molar-refractivity contribution is -0.120. The highest BCUT2D eigenvalue weighted by atomic mass is 35.5. The van der Waals surface area contributed by atoms with Crippen molar-refractivity contribution in [3.05, 3.63) is 81.8 Å². The lowest BCUT2D eigenvalue weighted by atomic mass is 9.98. The summed E-state index contributed by atoms with van der Waals surface area (Å²) in [5, 5.41) is 3.27. The van der Waals surface area contributed by atoms with E-state index in [1.165, 1.54) is 22.5 Å². The fraction of sp³-hybridized carbons (Fsp3) is 0.286. The number of amides is 2. The van der Waals surface area contributed by atoms with Crippen LogP contribution in [0.5, 0.6) is 5.75 Å². The van der Waals surface area contributed by atoms with Crippen LogP contribution in [0.4, 0.5) is 11.4 Å². The molecule has 8 nitrogen and oxygen atoms in total. The molecule has 2 amide bonds. The zero-order valence-electron chi connectivity index (χ0n) is 21.2. The van der Waals surface area contributed by atoms with Gasteiger partial charge in [0.15, 0.2) is 0 Å².